The number of hydrogen-bond acceptors (Lipinski definition) is 7. The van der Waals surface area contributed by atoms with Gasteiger partial charge in [0.15, 0.2) is 5.78 Å². The minimum atomic E-state index is -0.794. The van der Waals surface area contributed by atoms with Crippen molar-refractivity contribution >= 4 is 28.8 Å². The Morgan fingerprint density at radius 2 is 1.89 bits per heavy atom. The Kier molecular flexibility index (Phi) is 9.17. The molecule has 256 valence electrons. The van der Waals surface area contributed by atoms with E-state index in [0.717, 1.165) is 44.0 Å². The molecule has 2 N–H and O–H groups in total. The Balaban J connectivity index is 1.03. The second-order valence-electron chi connectivity index (χ2n) is 16.1. The highest BCUT2D eigenvalue weighted by molar-refractivity contribution is 5.94. The number of ether oxygens (including phenoxy) is 2. The number of carbonyl (C=O) groups excluding carboxylic acids is 3. The lowest BCUT2D eigenvalue weighted by molar-refractivity contribution is -0.143. The van der Waals surface area contributed by atoms with Crippen LogP contribution in [0, 0.1) is 40.9 Å². The standard InChI is InChI=1S/C37H52N4O6/c1-19(2)32(42)31-20(3)13-14-41(31)35(44)33(37(4,5)6)40-36(45)47-29-17-22-16-25(22)24(29)10-8-9-21-15-26(21)30-34(43)39-28-18-23(46-7)11-12-27(28)38-30/h11-12,18-22,24-26,29,31,33H,8-10,13-17H2,1-7H3,(H,39,43)(H,40,45). The Bertz CT molecular complexity index is 1580. The fraction of sp³-hybridized carbons (Fsp3) is 0.703. The first-order chi connectivity index (χ1) is 22.3. The molecule has 1 aliphatic heterocycles. The Labute approximate surface area is 277 Å². The number of H-pyrrole nitrogens is 1. The van der Waals surface area contributed by atoms with Crippen LogP contribution in [0.25, 0.3) is 11.0 Å². The number of benzene rings is 1. The van der Waals surface area contributed by atoms with Gasteiger partial charge in [0.05, 0.1) is 24.2 Å². The number of nitrogens with zero attached hydrogens (tertiary/aromatic N) is 2. The molecule has 4 aliphatic rings. The van der Waals surface area contributed by atoms with E-state index in [0.29, 0.717) is 47.2 Å². The summed E-state index contributed by atoms with van der Waals surface area (Å²) in [5, 5.41) is 2.94. The maximum absolute atomic E-state index is 13.9. The van der Waals surface area contributed by atoms with E-state index in [1.54, 1.807) is 18.1 Å². The molecule has 4 fully saturated rings. The predicted molar refractivity (Wildman–Crippen MR) is 179 cm³/mol. The van der Waals surface area contributed by atoms with Gasteiger partial charge in [-0.15, -0.1) is 0 Å². The molecule has 3 aliphatic carbocycles. The van der Waals surface area contributed by atoms with Crippen LogP contribution in [-0.2, 0) is 14.3 Å². The maximum Gasteiger partial charge on any atom is 0.408 e. The average Bonchev–Trinajstić information content (AvgIpc) is 3.90. The van der Waals surface area contributed by atoms with Gasteiger partial charge in [-0.05, 0) is 85.7 Å². The first-order valence-corrected chi connectivity index (χ1v) is 17.7. The van der Waals surface area contributed by atoms with Crippen LogP contribution in [-0.4, -0.2) is 64.5 Å². The van der Waals surface area contributed by atoms with E-state index in [1.807, 2.05) is 53.7 Å². The zero-order chi connectivity index (χ0) is 33.8. The molecular formula is C37H52N4O6. The van der Waals surface area contributed by atoms with E-state index >= 15 is 0 Å². The molecule has 0 bridgehead atoms. The summed E-state index contributed by atoms with van der Waals surface area (Å²) in [6.07, 6.45) is 6.12. The van der Waals surface area contributed by atoms with Crippen LogP contribution in [0.3, 0.4) is 0 Å². The number of nitrogens with one attached hydrogen (secondary N) is 2. The monoisotopic (exact) mass is 648 g/mol. The van der Waals surface area contributed by atoms with Crippen molar-refractivity contribution in [1.29, 1.82) is 0 Å². The van der Waals surface area contributed by atoms with Crippen LogP contribution >= 0.6 is 0 Å². The number of carbonyl (C=O) groups is 3. The normalized spacial score (nSPS) is 30.3. The number of aromatic amines is 1. The Morgan fingerprint density at radius 3 is 2.60 bits per heavy atom. The summed E-state index contributed by atoms with van der Waals surface area (Å²) >= 11 is 0. The van der Waals surface area contributed by atoms with Gasteiger partial charge in [0.25, 0.3) is 5.56 Å². The molecule has 0 spiro atoms. The van der Waals surface area contributed by atoms with Gasteiger partial charge in [0, 0.05) is 24.4 Å². The summed E-state index contributed by atoms with van der Waals surface area (Å²) in [6, 6.07) is 4.28. The largest absolute Gasteiger partial charge is 0.497 e. The van der Waals surface area contributed by atoms with Gasteiger partial charge in [-0.3, -0.25) is 14.4 Å². The molecule has 2 amide bonds. The van der Waals surface area contributed by atoms with Crippen LogP contribution in [0.1, 0.15) is 98.1 Å². The highest BCUT2D eigenvalue weighted by Crippen LogP contribution is 2.58. The van der Waals surface area contributed by atoms with Crippen LogP contribution in [0.2, 0.25) is 0 Å². The first kappa shape index (κ1) is 33.5. The highest BCUT2D eigenvalue weighted by Gasteiger charge is 2.55. The van der Waals surface area contributed by atoms with Crippen molar-refractivity contribution in [1.82, 2.24) is 20.2 Å². The van der Waals surface area contributed by atoms with Gasteiger partial charge >= 0.3 is 6.09 Å². The summed E-state index contributed by atoms with van der Waals surface area (Å²) in [7, 11) is 1.60. The van der Waals surface area contributed by atoms with Crippen LogP contribution < -0.4 is 15.6 Å². The van der Waals surface area contributed by atoms with Crippen molar-refractivity contribution < 1.29 is 23.9 Å². The molecule has 6 rings (SSSR count). The second kappa shape index (κ2) is 12.9. The minimum absolute atomic E-state index is 0.0745. The number of Topliss-reactive ketones (excluding diaryl/α,β-unsaturated/α-hetero) is 1. The second-order valence-corrected chi connectivity index (χ2v) is 16.1. The van der Waals surface area contributed by atoms with Gasteiger partial charge in [0.2, 0.25) is 5.91 Å². The van der Waals surface area contributed by atoms with Gasteiger partial charge in [0.1, 0.15) is 23.6 Å². The van der Waals surface area contributed by atoms with E-state index in [1.165, 1.54) is 6.42 Å². The Hall–Kier alpha value is -3.43. The zero-order valence-corrected chi connectivity index (χ0v) is 29.0. The lowest BCUT2D eigenvalue weighted by atomic mass is 9.85. The fourth-order valence-electron chi connectivity index (χ4n) is 8.40. The lowest BCUT2D eigenvalue weighted by Crippen LogP contribution is -2.57. The van der Waals surface area contributed by atoms with E-state index in [-0.39, 0.29) is 41.1 Å². The molecule has 9 atom stereocenters. The third-order valence-corrected chi connectivity index (χ3v) is 11.3. The smallest absolute Gasteiger partial charge is 0.408 e. The number of hydrogen-bond donors (Lipinski definition) is 2. The summed E-state index contributed by atoms with van der Waals surface area (Å²) in [6.45, 7) is 12.1. The predicted octanol–water partition coefficient (Wildman–Crippen LogP) is 5.83. The molecule has 1 saturated heterocycles. The van der Waals surface area contributed by atoms with Crippen molar-refractivity contribution in [2.24, 2.45) is 40.9 Å². The van der Waals surface area contributed by atoms with Gasteiger partial charge in [-0.25, -0.2) is 9.78 Å². The number of ketones is 1. The zero-order valence-electron chi connectivity index (χ0n) is 29.0. The number of amides is 2. The van der Waals surface area contributed by atoms with E-state index in [4.69, 9.17) is 14.5 Å². The molecular weight excluding hydrogens is 596 g/mol. The minimum Gasteiger partial charge on any atom is -0.497 e. The summed E-state index contributed by atoms with van der Waals surface area (Å²) in [5.74, 6) is 2.62. The summed E-state index contributed by atoms with van der Waals surface area (Å²) in [4.78, 5) is 62.5. The van der Waals surface area contributed by atoms with Crippen LogP contribution in [0.15, 0.2) is 23.0 Å². The lowest BCUT2D eigenvalue weighted by Gasteiger charge is -2.36. The number of methoxy groups -OCH3 is 1. The molecule has 10 nitrogen and oxygen atoms in total. The van der Waals surface area contributed by atoms with E-state index in [9.17, 15) is 19.2 Å². The maximum atomic E-state index is 13.9. The van der Waals surface area contributed by atoms with Gasteiger partial charge in [-0.2, -0.15) is 0 Å². The average molecular weight is 649 g/mol. The molecule has 2 heterocycles. The summed E-state index contributed by atoms with van der Waals surface area (Å²) < 4.78 is 11.3. The first-order valence-electron chi connectivity index (χ1n) is 17.7. The molecule has 9 unspecified atom stereocenters. The van der Waals surface area contributed by atoms with Crippen LogP contribution in [0.4, 0.5) is 4.79 Å². The molecule has 47 heavy (non-hydrogen) atoms. The van der Waals surface area contributed by atoms with E-state index < -0.39 is 23.6 Å². The van der Waals surface area contributed by atoms with Gasteiger partial charge in [-0.1, -0.05) is 48.0 Å². The number of likely N-dealkylation sites (tertiary alicyclic amines) is 1. The van der Waals surface area contributed by atoms with Crippen molar-refractivity contribution in [3.63, 3.8) is 0 Å². The third kappa shape index (κ3) is 6.93. The molecule has 1 aromatic heterocycles. The molecule has 1 aromatic carbocycles. The van der Waals surface area contributed by atoms with Crippen molar-refractivity contribution in [2.75, 3.05) is 13.7 Å². The van der Waals surface area contributed by atoms with Gasteiger partial charge < -0.3 is 24.7 Å². The third-order valence-electron chi connectivity index (χ3n) is 11.3. The molecule has 0 radical (unpaired) electrons. The van der Waals surface area contributed by atoms with Crippen molar-refractivity contribution in [3.05, 3.63) is 34.2 Å². The summed E-state index contributed by atoms with van der Waals surface area (Å²) in [5.41, 5.74) is 1.39. The topological polar surface area (TPSA) is 131 Å². The van der Waals surface area contributed by atoms with Crippen LogP contribution in [0.5, 0.6) is 5.75 Å². The Morgan fingerprint density at radius 1 is 1.13 bits per heavy atom. The number of rotatable bonds is 11. The molecule has 10 heteroatoms. The number of aromatic nitrogens is 2. The quantitative estimate of drug-likeness (QED) is 0.313. The fourth-order valence-corrected chi connectivity index (χ4v) is 8.40. The van der Waals surface area contributed by atoms with Crippen molar-refractivity contribution in [2.45, 2.75) is 111 Å². The van der Waals surface area contributed by atoms with Crippen molar-refractivity contribution in [3.8, 4) is 5.75 Å². The molecule has 2 aromatic rings. The number of fused-ring (bicyclic) bond motifs is 2. The number of alkyl carbamates (subject to hydrolysis) is 1. The van der Waals surface area contributed by atoms with E-state index in [2.05, 4.69) is 10.3 Å². The highest BCUT2D eigenvalue weighted by atomic mass is 16.6. The molecule has 3 saturated carbocycles. The SMILES string of the molecule is COc1ccc2nc(C3CC3CCCC3C(OC(=O)NC(C(=O)N4CCC(C)C4C(=O)C(C)C)C(C)(C)C)CC4CC43)c(=O)[nH]c2c1.